The van der Waals surface area contributed by atoms with Gasteiger partial charge in [0.1, 0.15) is 0 Å². The highest BCUT2D eigenvalue weighted by Crippen LogP contribution is 2.60. The van der Waals surface area contributed by atoms with Crippen LogP contribution in [0.5, 0.6) is 0 Å². The van der Waals surface area contributed by atoms with Gasteiger partial charge in [-0.1, -0.05) is 37.3 Å². The van der Waals surface area contributed by atoms with Crippen LogP contribution >= 0.6 is 0 Å². The Morgan fingerprint density at radius 1 is 1.10 bits per heavy atom. The lowest BCUT2D eigenvalue weighted by Gasteiger charge is -2.39. The zero-order valence-corrected chi connectivity index (χ0v) is 30.3. The number of unbranched alkanes of at least 4 members (excludes halogenated alkanes) is 1. The third kappa shape index (κ3) is 7.20. The summed E-state index contributed by atoms with van der Waals surface area (Å²) in [4.78, 5) is 81.3. The number of esters is 2. The van der Waals surface area contributed by atoms with E-state index >= 15 is 0 Å². The highest BCUT2D eigenvalue weighted by molar-refractivity contribution is 6.71. The fourth-order valence-electron chi connectivity index (χ4n) is 7.78. The van der Waals surface area contributed by atoms with Gasteiger partial charge in [-0.25, -0.2) is 0 Å². The maximum absolute atomic E-state index is 14.8. The number of benzene rings is 2. The van der Waals surface area contributed by atoms with E-state index in [1.165, 1.54) is 18.9 Å². The van der Waals surface area contributed by atoms with Crippen LogP contribution in [0.2, 0.25) is 18.6 Å². The van der Waals surface area contributed by atoms with Crippen LogP contribution in [0.4, 0.5) is 11.4 Å². The molecule has 0 aliphatic carbocycles. The molecule has 3 heterocycles. The normalized spacial score (nSPS) is 24.3. The van der Waals surface area contributed by atoms with Crippen molar-refractivity contribution in [1.29, 1.82) is 0 Å². The number of ether oxygens (including phenoxy) is 3. The summed E-state index contributed by atoms with van der Waals surface area (Å²) in [6.45, 7) is 7.08. The predicted molar refractivity (Wildman–Crippen MR) is 185 cm³/mol. The molecule has 5 atom stereocenters. The van der Waals surface area contributed by atoms with Crippen molar-refractivity contribution in [2.24, 2.45) is 5.92 Å². The van der Waals surface area contributed by atoms with Gasteiger partial charge in [0, 0.05) is 55.7 Å². The SMILES string of the molecule is COC(=O)CCCCN1C(=O)[C@@]2(O[C@@H](CC(=O)N(CCO)Cc3ccccc3)[C@H]([Si](C)(C)O)[C@H]2C)c2cc(N3C(=O)CC3OC(C)=O)ccc21. The van der Waals surface area contributed by atoms with Crippen LogP contribution in [0.3, 0.4) is 0 Å². The van der Waals surface area contributed by atoms with Crippen LogP contribution in [0.15, 0.2) is 48.5 Å². The van der Waals surface area contributed by atoms with E-state index in [2.05, 4.69) is 0 Å². The lowest BCUT2D eigenvalue weighted by molar-refractivity contribution is -0.154. The topological polar surface area (TPSA) is 163 Å². The Morgan fingerprint density at radius 2 is 1.82 bits per heavy atom. The van der Waals surface area contributed by atoms with Crippen molar-refractivity contribution in [2.75, 3.05) is 36.6 Å². The molecule has 5 rings (SSSR count). The van der Waals surface area contributed by atoms with Crippen LogP contribution in [0, 0.1) is 5.92 Å². The second-order valence-electron chi connectivity index (χ2n) is 13.8. The number of amides is 3. The molecule has 2 fully saturated rings. The molecule has 13 nitrogen and oxygen atoms in total. The minimum atomic E-state index is -3.12. The summed E-state index contributed by atoms with van der Waals surface area (Å²) in [5.74, 6) is -2.33. The monoisotopic (exact) mass is 709 g/mol. The van der Waals surface area contributed by atoms with Crippen LogP contribution in [0.25, 0.3) is 0 Å². The Kier molecular flexibility index (Phi) is 11.2. The van der Waals surface area contributed by atoms with Gasteiger partial charge in [0.05, 0.1) is 38.3 Å². The number of hydrogen-bond donors (Lipinski definition) is 2. The van der Waals surface area contributed by atoms with E-state index in [-0.39, 0.29) is 69.2 Å². The van der Waals surface area contributed by atoms with E-state index in [9.17, 15) is 33.9 Å². The Balaban J connectivity index is 1.52. The van der Waals surface area contributed by atoms with Gasteiger partial charge >= 0.3 is 11.9 Å². The first-order valence-corrected chi connectivity index (χ1v) is 20.1. The average Bonchev–Trinajstić information content (AvgIpc) is 3.48. The molecule has 0 aromatic heterocycles. The maximum atomic E-state index is 14.8. The molecule has 2 aromatic rings. The number of carbonyl (C=O) groups excluding carboxylic acids is 5. The Labute approximate surface area is 293 Å². The number of nitrogens with zero attached hydrogens (tertiary/aromatic N) is 3. The number of fused-ring (bicyclic) bond motifs is 2. The molecule has 1 unspecified atom stereocenters. The molecule has 50 heavy (non-hydrogen) atoms. The molecule has 3 aliphatic rings. The van der Waals surface area contributed by atoms with Crippen molar-refractivity contribution < 1.29 is 48.1 Å². The van der Waals surface area contributed by atoms with E-state index in [0.29, 0.717) is 29.8 Å². The average molecular weight is 710 g/mol. The molecule has 0 saturated carbocycles. The van der Waals surface area contributed by atoms with Crippen molar-refractivity contribution in [3.8, 4) is 0 Å². The number of methoxy groups -OCH3 is 1. The summed E-state index contributed by atoms with van der Waals surface area (Å²) < 4.78 is 17.0. The molecule has 0 bridgehead atoms. The molecule has 0 radical (unpaired) electrons. The standard InChI is InChI=1S/C36H47N3O10Si/c1-23-34(50(4,5)46)29(20-30(42)37(17-18-40)22-25-11-7-6-8-12-25)49-36(23)27-19-26(39-31(43)21-32(39)48-24(2)41)14-15-28(27)38(35(36)45)16-10-9-13-33(44)47-3/h6-8,11-12,14-15,19,23,29,32,34,40,46H,9-10,13,16-18,20-22H2,1-5H3/t23-,29+,32?,34-,36+/m1/s1. The second-order valence-corrected chi connectivity index (χ2v) is 17.8. The first-order chi connectivity index (χ1) is 23.7. The largest absolute Gasteiger partial charge is 0.469 e. The van der Waals surface area contributed by atoms with Gasteiger partial charge in [-0.15, -0.1) is 0 Å². The molecule has 3 aliphatic heterocycles. The van der Waals surface area contributed by atoms with Gasteiger partial charge in [0.15, 0.2) is 20.1 Å². The molecule has 1 spiro atoms. The summed E-state index contributed by atoms with van der Waals surface area (Å²) in [6.07, 6.45) is -0.539. The summed E-state index contributed by atoms with van der Waals surface area (Å²) >= 11 is 0. The highest BCUT2D eigenvalue weighted by atomic mass is 28.4. The zero-order valence-electron chi connectivity index (χ0n) is 29.3. The quantitative estimate of drug-likeness (QED) is 0.129. The Hall–Kier alpha value is -4.11. The van der Waals surface area contributed by atoms with Gasteiger partial charge < -0.3 is 33.9 Å². The smallest absolute Gasteiger partial charge is 0.305 e. The van der Waals surface area contributed by atoms with Crippen LogP contribution < -0.4 is 9.80 Å². The zero-order chi connectivity index (χ0) is 36.4. The number of aliphatic hydroxyl groups is 1. The van der Waals surface area contributed by atoms with Crippen molar-refractivity contribution in [1.82, 2.24) is 4.90 Å². The van der Waals surface area contributed by atoms with Crippen molar-refractivity contribution in [2.45, 2.75) is 89.1 Å². The maximum Gasteiger partial charge on any atom is 0.305 e. The summed E-state index contributed by atoms with van der Waals surface area (Å²) in [5, 5.41) is 9.81. The van der Waals surface area contributed by atoms with Crippen molar-refractivity contribution in [3.63, 3.8) is 0 Å². The third-order valence-corrected chi connectivity index (χ3v) is 12.5. The van der Waals surface area contributed by atoms with Crippen LogP contribution in [0.1, 0.15) is 57.1 Å². The molecule has 270 valence electrons. The minimum Gasteiger partial charge on any atom is -0.469 e. The number of carbonyl (C=O) groups is 5. The van der Waals surface area contributed by atoms with Crippen molar-refractivity contribution >= 4 is 49.4 Å². The van der Waals surface area contributed by atoms with Gasteiger partial charge in [0.2, 0.25) is 11.8 Å². The summed E-state index contributed by atoms with van der Waals surface area (Å²) in [6, 6.07) is 14.6. The van der Waals surface area contributed by atoms with Crippen molar-refractivity contribution in [3.05, 3.63) is 59.7 Å². The third-order valence-electron chi connectivity index (χ3n) is 10.0. The van der Waals surface area contributed by atoms with E-state index in [0.717, 1.165) is 5.56 Å². The number of anilines is 2. The fourth-order valence-corrected chi connectivity index (χ4v) is 10.3. The number of β-lactam (4-membered cyclic amide) rings is 1. The Bertz CT molecular complexity index is 1610. The first-order valence-electron chi connectivity index (χ1n) is 17.1. The molecule has 2 saturated heterocycles. The van der Waals surface area contributed by atoms with Gasteiger partial charge in [-0.3, -0.25) is 28.9 Å². The highest BCUT2D eigenvalue weighted by Gasteiger charge is 2.66. The molecular formula is C36H47N3O10Si. The number of aliphatic hydroxyl groups excluding tert-OH is 1. The molecule has 2 aromatic carbocycles. The number of hydrogen-bond acceptors (Lipinski definition) is 10. The molecule has 14 heteroatoms. The van der Waals surface area contributed by atoms with Gasteiger partial charge in [0.25, 0.3) is 5.91 Å². The van der Waals surface area contributed by atoms with Crippen LogP contribution in [-0.2, 0) is 50.3 Å². The number of rotatable bonds is 14. The van der Waals surface area contributed by atoms with Gasteiger partial charge in [-0.2, -0.15) is 0 Å². The molecule has 2 N–H and O–H groups in total. The lowest BCUT2D eigenvalue weighted by atomic mass is 9.82. The van der Waals surface area contributed by atoms with E-state index in [1.807, 2.05) is 37.3 Å². The van der Waals surface area contributed by atoms with Gasteiger partial charge in [-0.05, 0) is 49.7 Å². The second kappa shape index (κ2) is 15.0. The van der Waals surface area contributed by atoms with E-state index in [1.54, 1.807) is 41.1 Å². The summed E-state index contributed by atoms with van der Waals surface area (Å²) in [5.41, 5.74) is 0.241. The Morgan fingerprint density at radius 3 is 2.44 bits per heavy atom. The first kappa shape index (κ1) is 37.1. The minimum absolute atomic E-state index is 0.0316. The lowest BCUT2D eigenvalue weighted by Crippen LogP contribution is -2.55. The predicted octanol–water partition coefficient (Wildman–Crippen LogP) is 3.21. The van der Waals surface area contributed by atoms with E-state index < -0.39 is 43.7 Å². The summed E-state index contributed by atoms with van der Waals surface area (Å²) in [7, 11) is -1.79. The fraction of sp³-hybridized carbons (Fsp3) is 0.528. The van der Waals surface area contributed by atoms with E-state index in [4.69, 9.17) is 14.2 Å². The molecular weight excluding hydrogens is 662 g/mol. The van der Waals surface area contributed by atoms with Crippen LogP contribution in [-0.4, -0.2) is 91.9 Å². The molecule has 3 amide bonds.